The van der Waals surface area contributed by atoms with Crippen molar-refractivity contribution in [3.8, 4) is 0 Å². The number of nitrogens with zero attached hydrogens (tertiary/aromatic N) is 2. The average Bonchev–Trinajstić information content (AvgIpc) is 2.83. The molecule has 2 heterocycles. The summed E-state index contributed by atoms with van der Waals surface area (Å²) in [5, 5.41) is 3.51. The fourth-order valence-electron chi connectivity index (χ4n) is 3.34. The SMILES string of the molecule is CN(C)CCCN1CCC(C2CCNC2)CC1. The lowest BCUT2D eigenvalue weighted by atomic mass is 9.84. The second-order valence-corrected chi connectivity index (χ2v) is 6.09. The van der Waals surface area contributed by atoms with Crippen LogP contribution in [0.15, 0.2) is 0 Å². The molecule has 0 aliphatic carbocycles. The largest absolute Gasteiger partial charge is 0.316 e. The van der Waals surface area contributed by atoms with Gasteiger partial charge in [0.25, 0.3) is 0 Å². The fourth-order valence-corrected chi connectivity index (χ4v) is 3.34. The summed E-state index contributed by atoms with van der Waals surface area (Å²) in [7, 11) is 4.33. The van der Waals surface area contributed by atoms with E-state index in [0.29, 0.717) is 0 Å². The lowest BCUT2D eigenvalue weighted by Crippen LogP contribution is -2.37. The topological polar surface area (TPSA) is 18.5 Å². The number of rotatable bonds is 5. The first kappa shape index (κ1) is 13.3. The molecule has 0 bridgehead atoms. The molecule has 0 spiro atoms. The maximum atomic E-state index is 3.51. The van der Waals surface area contributed by atoms with E-state index in [1.165, 1.54) is 65.0 Å². The lowest BCUT2D eigenvalue weighted by Gasteiger charge is -2.34. The van der Waals surface area contributed by atoms with Crippen molar-refractivity contribution >= 4 is 0 Å². The molecule has 17 heavy (non-hydrogen) atoms. The second-order valence-electron chi connectivity index (χ2n) is 6.09. The molecule has 100 valence electrons. The smallest absolute Gasteiger partial charge is 0.000655 e. The number of piperidine rings is 1. The van der Waals surface area contributed by atoms with Crippen LogP contribution >= 0.6 is 0 Å². The molecule has 1 unspecified atom stereocenters. The molecule has 2 aliphatic rings. The third-order valence-electron chi connectivity index (χ3n) is 4.48. The Balaban J connectivity index is 1.60. The van der Waals surface area contributed by atoms with E-state index in [1.807, 2.05) is 0 Å². The van der Waals surface area contributed by atoms with Gasteiger partial charge in [-0.1, -0.05) is 0 Å². The summed E-state index contributed by atoms with van der Waals surface area (Å²) in [6.07, 6.45) is 5.62. The summed E-state index contributed by atoms with van der Waals surface area (Å²) in [6.45, 7) is 7.75. The van der Waals surface area contributed by atoms with E-state index in [2.05, 4.69) is 29.2 Å². The first-order chi connectivity index (χ1) is 8.25. The van der Waals surface area contributed by atoms with Gasteiger partial charge in [-0.05, 0) is 90.9 Å². The average molecular weight is 239 g/mol. The van der Waals surface area contributed by atoms with Gasteiger partial charge in [-0.15, -0.1) is 0 Å². The Morgan fingerprint density at radius 3 is 2.47 bits per heavy atom. The van der Waals surface area contributed by atoms with Crippen LogP contribution in [0.1, 0.15) is 25.7 Å². The van der Waals surface area contributed by atoms with Gasteiger partial charge < -0.3 is 15.1 Å². The minimum atomic E-state index is 0.985. The van der Waals surface area contributed by atoms with Gasteiger partial charge in [0.2, 0.25) is 0 Å². The molecule has 1 atom stereocenters. The zero-order chi connectivity index (χ0) is 12.1. The van der Waals surface area contributed by atoms with Crippen molar-refractivity contribution in [2.75, 3.05) is 53.4 Å². The Morgan fingerprint density at radius 1 is 1.12 bits per heavy atom. The highest BCUT2D eigenvalue weighted by Crippen LogP contribution is 2.28. The van der Waals surface area contributed by atoms with E-state index in [-0.39, 0.29) is 0 Å². The van der Waals surface area contributed by atoms with E-state index in [1.54, 1.807) is 0 Å². The van der Waals surface area contributed by atoms with Crippen molar-refractivity contribution in [3.63, 3.8) is 0 Å². The monoisotopic (exact) mass is 239 g/mol. The zero-order valence-corrected chi connectivity index (χ0v) is 11.6. The molecule has 0 aromatic rings. The van der Waals surface area contributed by atoms with Crippen LogP contribution in [0.2, 0.25) is 0 Å². The highest BCUT2D eigenvalue weighted by molar-refractivity contribution is 4.82. The predicted molar refractivity (Wildman–Crippen MR) is 73.3 cm³/mol. The molecular weight excluding hydrogens is 210 g/mol. The Labute approximate surface area is 107 Å². The van der Waals surface area contributed by atoms with E-state index >= 15 is 0 Å². The summed E-state index contributed by atoms with van der Waals surface area (Å²) >= 11 is 0. The molecule has 2 fully saturated rings. The molecular formula is C14H29N3. The Kier molecular flexibility index (Phi) is 5.26. The van der Waals surface area contributed by atoms with Gasteiger partial charge in [0.05, 0.1) is 0 Å². The molecule has 2 saturated heterocycles. The van der Waals surface area contributed by atoms with Crippen molar-refractivity contribution < 1.29 is 0 Å². The minimum Gasteiger partial charge on any atom is -0.316 e. The van der Waals surface area contributed by atoms with Gasteiger partial charge >= 0.3 is 0 Å². The summed E-state index contributed by atoms with van der Waals surface area (Å²) in [6, 6.07) is 0. The fraction of sp³-hybridized carbons (Fsp3) is 1.00. The molecule has 2 aliphatic heterocycles. The van der Waals surface area contributed by atoms with E-state index in [0.717, 1.165) is 11.8 Å². The quantitative estimate of drug-likeness (QED) is 0.779. The Hall–Kier alpha value is -0.120. The third-order valence-corrected chi connectivity index (χ3v) is 4.48. The molecule has 3 nitrogen and oxygen atoms in total. The minimum absolute atomic E-state index is 0.985. The first-order valence-corrected chi connectivity index (χ1v) is 7.33. The van der Waals surface area contributed by atoms with E-state index in [9.17, 15) is 0 Å². The lowest BCUT2D eigenvalue weighted by molar-refractivity contribution is 0.148. The number of likely N-dealkylation sites (tertiary alicyclic amines) is 1. The predicted octanol–water partition coefficient (Wildman–Crippen LogP) is 1.26. The molecule has 0 amide bonds. The van der Waals surface area contributed by atoms with Crippen LogP contribution in [0.4, 0.5) is 0 Å². The van der Waals surface area contributed by atoms with Gasteiger partial charge in [-0.2, -0.15) is 0 Å². The standard InChI is InChI=1S/C14H29N3/c1-16(2)8-3-9-17-10-5-13(6-11-17)14-4-7-15-12-14/h13-15H,3-12H2,1-2H3. The van der Waals surface area contributed by atoms with Crippen LogP contribution in [0.25, 0.3) is 0 Å². The maximum absolute atomic E-state index is 3.51. The highest BCUT2D eigenvalue weighted by Gasteiger charge is 2.28. The molecule has 0 saturated carbocycles. The Bertz CT molecular complexity index is 204. The van der Waals surface area contributed by atoms with E-state index < -0.39 is 0 Å². The van der Waals surface area contributed by atoms with Gasteiger partial charge in [0, 0.05) is 0 Å². The molecule has 0 aromatic heterocycles. The maximum Gasteiger partial charge on any atom is -0.000655 e. The van der Waals surface area contributed by atoms with Crippen molar-refractivity contribution in [2.45, 2.75) is 25.7 Å². The van der Waals surface area contributed by atoms with Crippen LogP contribution in [0.5, 0.6) is 0 Å². The van der Waals surface area contributed by atoms with Crippen LogP contribution in [-0.4, -0.2) is 63.2 Å². The van der Waals surface area contributed by atoms with E-state index in [4.69, 9.17) is 0 Å². The molecule has 3 heteroatoms. The van der Waals surface area contributed by atoms with Gasteiger partial charge in [0.1, 0.15) is 0 Å². The van der Waals surface area contributed by atoms with Gasteiger partial charge in [-0.25, -0.2) is 0 Å². The van der Waals surface area contributed by atoms with Gasteiger partial charge in [0.15, 0.2) is 0 Å². The molecule has 0 aromatic carbocycles. The van der Waals surface area contributed by atoms with Crippen molar-refractivity contribution in [1.29, 1.82) is 0 Å². The summed E-state index contributed by atoms with van der Waals surface area (Å²) in [5.74, 6) is 1.99. The van der Waals surface area contributed by atoms with Crippen molar-refractivity contribution in [3.05, 3.63) is 0 Å². The summed E-state index contributed by atoms with van der Waals surface area (Å²) in [5.41, 5.74) is 0. The Morgan fingerprint density at radius 2 is 1.88 bits per heavy atom. The number of hydrogen-bond donors (Lipinski definition) is 1. The van der Waals surface area contributed by atoms with Crippen LogP contribution in [-0.2, 0) is 0 Å². The van der Waals surface area contributed by atoms with Gasteiger partial charge in [-0.3, -0.25) is 0 Å². The van der Waals surface area contributed by atoms with Crippen LogP contribution in [0, 0.1) is 11.8 Å². The van der Waals surface area contributed by atoms with Crippen LogP contribution in [0.3, 0.4) is 0 Å². The van der Waals surface area contributed by atoms with Crippen molar-refractivity contribution in [1.82, 2.24) is 15.1 Å². The van der Waals surface area contributed by atoms with Crippen molar-refractivity contribution in [2.24, 2.45) is 11.8 Å². The zero-order valence-electron chi connectivity index (χ0n) is 11.6. The third kappa shape index (κ3) is 4.23. The van der Waals surface area contributed by atoms with Crippen LogP contribution < -0.4 is 5.32 Å². The molecule has 2 rings (SSSR count). The first-order valence-electron chi connectivity index (χ1n) is 7.33. The summed E-state index contributed by atoms with van der Waals surface area (Å²) in [4.78, 5) is 4.96. The number of hydrogen-bond acceptors (Lipinski definition) is 3. The second kappa shape index (κ2) is 6.72. The normalized spacial score (nSPS) is 28.1. The number of nitrogens with one attached hydrogen (secondary N) is 1. The highest BCUT2D eigenvalue weighted by atomic mass is 15.1. The molecule has 1 N–H and O–H groups in total. The summed E-state index contributed by atoms with van der Waals surface area (Å²) < 4.78 is 0. The molecule has 0 radical (unpaired) electrons.